The van der Waals surface area contributed by atoms with Crippen LogP contribution in [0.4, 0.5) is 10.5 Å². The van der Waals surface area contributed by atoms with Crippen LogP contribution in [0.25, 0.3) is 0 Å². The van der Waals surface area contributed by atoms with Crippen molar-refractivity contribution in [2.45, 2.75) is 33.2 Å². The predicted molar refractivity (Wildman–Crippen MR) is 80.8 cm³/mol. The molecule has 0 saturated carbocycles. The van der Waals surface area contributed by atoms with E-state index in [-0.39, 0.29) is 11.8 Å². The van der Waals surface area contributed by atoms with Crippen LogP contribution >= 0.6 is 11.6 Å². The summed E-state index contributed by atoms with van der Waals surface area (Å²) < 4.78 is 0. The van der Waals surface area contributed by atoms with Crippen LogP contribution in [0.2, 0.25) is 5.02 Å². The largest absolute Gasteiger partial charge is 0.352 e. The van der Waals surface area contributed by atoms with Gasteiger partial charge in [0.2, 0.25) is 5.91 Å². The van der Waals surface area contributed by atoms with Gasteiger partial charge in [-0.1, -0.05) is 31.5 Å². The van der Waals surface area contributed by atoms with Crippen molar-refractivity contribution in [3.05, 3.63) is 28.8 Å². The van der Waals surface area contributed by atoms with Crippen molar-refractivity contribution in [2.24, 2.45) is 11.7 Å². The number of carbonyl (C=O) groups excluding carboxylic acids is 2. The highest BCUT2D eigenvalue weighted by atomic mass is 35.5. The maximum Gasteiger partial charge on any atom is 0.312 e. The van der Waals surface area contributed by atoms with Gasteiger partial charge in [-0.2, -0.15) is 0 Å². The van der Waals surface area contributed by atoms with Gasteiger partial charge in [-0.05, 0) is 37.0 Å². The minimum Gasteiger partial charge on any atom is -0.352 e. The van der Waals surface area contributed by atoms with E-state index < -0.39 is 12.1 Å². The molecule has 0 unspecified atom stereocenters. The Hall–Kier alpha value is -1.75. The molecule has 1 aromatic rings. The molecule has 1 atom stereocenters. The molecule has 0 saturated heterocycles. The number of benzene rings is 1. The van der Waals surface area contributed by atoms with Crippen molar-refractivity contribution in [1.29, 1.82) is 0 Å². The van der Waals surface area contributed by atoms with Crippen LogP contribution in [-0.4, -0.2) is 18.0 Å². The van der Waals surface area contributed by atoms with E-state index in [1.165, 1.54) is 0 Å². The van der Waals surface area contributed by atoms with Crippen LogP contribution in [0.15, 0.2) is 18.2 Å². The summed E-state index contributed by atoms with van der Waals surface area (Å²) in [6.07, 6.45) is 0.508. The first-order valence-corrected chi connectivity index (χ1v) is 6.80. The molecule has 0 aliphatic rings. The summed E-state index contributed by atoms with van der Waals surface area (Å²) in [4.78, 5) is 23.2. The fourth-order valence-electron chi connectivity index (χ4n) is 1.82. The summed E-state index contributed by atoms with van der Waals surface area (Å²) in [6.45, 7) is 5.80. The molecular weight excluding hydrogens is 278 g/mol. The molecule has 0 aliphatic carbocycles. The summed E-state index contributed by atoms with van der Waals surface area (Å²) in [5, 5.41) is 5.76. The lowest BCUT2D eigenvalue weighted by Crippen LogP contribution is -2.46. The quantitative estimate of drug-likeness (QED) is 0.780. The Kier molecular flexibility index (Phi) is 5.82. The maximum absolute atomic E-state index is 12.2. The van der Waals surface area contributed by atoms with Gasteiger partial charge >= 0.3 is 6.03 Å². The summed E-state index contributed by atoms with van der Waals surface area (Å²) >= 11 is 5.91. The third-order valence-corrected chi connectivity index (χ3v) is 3.03. The first-order chi connectivity index (χ1) is 9.29. The second kappa shape index (κ2) is 7.14. The van der Waals surface area contributed by atoms with Crippen molar-refractivity contribution >= 4 is 29.2 Å². The Bertz CT molecular complexity index is 503. The van der Waals surface area contributed by atoms with E-state index in [0.717, 1.165) is 5.56 Å². The molecule has 5 nitrogen and oxygen atoms in total. The Labute approximate surface area is 123 Å². The molecule has 110 valence electrons. The van der Waals surface area contributed by atoms with Crippen molar-refractivity contribution in [2.75, 3.05) is 5.32 Å². The number of primary amides is 1. The fourth-order valence-corrected chi connectivity index (χ4v) is 2.00. The maximum atomic E-state index is 12.2. The van der Waals surface area contributed by atoms with E-state index in [0.29, 0.717) is 17.1 Å². The number of anilines is 1. The van der Waals surface area contributed by atoms with Crippen molar-refractivity contribution < 1.29 is 9.59 Å². The minimum absolute atomic E-state index is 0.248. The number of nitrogens with two attached hydrogens (primary N) is 1. The topological polar surface area (TPSA) is 84.2 Å². The second-order valence-electron chi connectivity index (χ2n) is 5.14. The van der Waals surface area contributed by atoms with Gasteiger partial charge in [-0.25, -0.2) is 4.79 Å². The normalized spacial score (nSPS) is 12.1. The SMILES string of the molecule is Cc1ccc(Cl)cc1NC(=O)[C@H](CC(C)C)NC(N)=O. The monoisotopic (exact) mass is 297 g/mol. The van der Waals surface area contributed by atoms with Crippen molar-refractivity contribution in [3.8, 4) is 0 Å². The van der Waals surface area contributed by atoms with E-state index in [4.69, 9.17) is 17.3 Å². The molecule has 20 heavy (non-hydrogen) atoms. The van der Waals surface area contributed by atoms with E-state index >= 15 is 0 Å². The van der Waals surface area contributed by atoms with Crippen LogP contribution in [0.1, 0.15) is 25.8 Å². The average molecular weight is 298 g/mol. The number of amides is 3. The highest BCUT2D eigenvalue weighted by molar-refractivity contribution is 6.31. The summed E-state index contributed by atoms with van der Waals surface area (Å²) in [5.74, 6) is -0.0547. The molecule has 0 spiro atoms. The van der Waals surface area contributed by atoms with Crippen LogP contribution in [-0.2, 0) is 4.79 Å². The van der Waals surface area contributed by atoms with E-state index in [9.17, 15) is 9.59 Å². The van der Waals surface area contributed by atoms with E-state index in [2.05, 4.69) is 10.6 Å². The number of halogens is 1. The van der Waals surface area contributed by atoms with Gasteiger partial charge in [0, 0.05) is 10.7 Å². The number of nitrogens with one attached hydrogen (secondary N) is 2. The second-order valence-corrected chi connectivity index (χ2v) is 5.58. The van der Waals surface area contributed by atoms with Gasteiger partial charge in [0.15, 0.2) is 0 Å². The molecular formula is C14H20ClN3O2. The zero-order chi connectivity index (χ0) is 15.3. The third-order valence-electron chi connectivity index (χ3n) is 2.80. The number of urea groups is 1. The Balaban J connectivity index is 2.84. The van der Waals surface area contributed by atoms with Gasteiger partial charge < -0.3 is 16.4 Å². The summed E-state index contributed by atoms with van der Waals surface area (Å²) in [6, 6.07) is 3.86. The van der Waals surface area contributed by atoms with Crippen LogP contribution in [0, 0.1) is 12.8 Å². The van der Waals surface area contributed by atoms with E-state index in [1.807, 2.05) is 26.8 Å². The predicted octanol–water partition coefficient (Wildman–Crippen LogP) is 2.67. The Morgan fingerprint density at radius 1 is 1.35 bits per heavy atom. The first-order valence-electron chi connectivity index (χ1n) is 6.42. The average Bonchev–Trinajstić information content (AvgIpc) is 2.31. The molecule has 0 heterocycles. The molecule has 0 bridgehead atoms. The van der Waals surface area contributed by atoms with Gasteiger partial charge in [0.05, 0.1) is 0 Å². The number of hydrogen-bond donors (Lipinski definition) is 3. The molecule has 6 heteroatoms. The Morgan fingerprint density at radius 2 is 2.00 bits per heavy atom. The minimum atomic E-state index is -0.714. The molecule has 0 radical (unpaired) electrons. The molecule has 1 aromatic carbocycles. The molecule has 0 aromatic heterocycles. The van der Waals surface area contributed by atoms with Gasteiger partial charge in [0.1, 0.15) is 6.04 Å². The number of hydrogen-bond acceptors (Lipinski definition) is 2. The lowest BCUT2D eigenvalue weighted by molar-refractivity contribution is -0.118. The number of aryl methyl sites for hydroxylation is 1. The first kappa shape index (κ1) is 16.3. The van der Waals surface area contributed by atoms with Crippen LogP contribution in [0.3, 0.4) is 0 Å². The zero-order valence-corrected chi connectivity index (χ0v) is 12.6. The van der Waals surface area contributed by atoms with E-state index in [1.54, 1.807) is 12.1 Å². The lowest BCUT2D eigenvalue weighted by atomic mass is 10.0. The fraction of sp³-hybridized carbons (Fsp3) is 0.429. The standard InChI is InChI=1S/C14H20ClN3O2/c1-8(2)6-12(18-14(16)20)13(19)17-11-7-10(15)5-4-9(11)3/h4-5,7-8,12H,6H2,1-3H3,(H,17,19)(H3,16,18,20)/t12-/m0/s1. The highest BCUT2D eigenvalue weighted by Crippen LogP contribution is 2.20. The molecule has 0 fully saturated rings. The summed E-state index contributed by atoms with van der Waals surface area (Å²) in [5.41, 5.74) is 6.62. The van der Waals surface area contributed by atoms with Crippen molar-refractivity contribution in [3.63, 3.8) is 0 Å². The summed E-state index contributed by atoms with van der Waals surface area (Å²) in [7, 11) is 0. The molecule has 3 amide bonds. The lowest BCUT2D eigenvalue weighted by Gasteiger charge is -2.19. The van der Waals surface area contributed by atoms with Gasteiger partial charge in [0.25, 0.3) is 0 Å². The Morgan fingerprint density at radius 3 is 2.55 bits per heavy atom. The number of carbonyl (C=O) groups is 2. The van der Waals surface area contributed by atoms with Crippen LogP contribution < -0.4 is 16.4 Å². The van der Waals surface area contributed by atoms with Gasteiger partial charge in [-0.3, -0.25) is 4.79 Å². The number of rotatable bonds is 5. The molecule has 0 aliphatic heterocycles. The zero-order valence-electron chi connectivity index (χ0n) is 11.9. The molecule has 1 rings (SSSR count). The van der Waals surface area contributed by atoms with Crippen LogP contribution in [0.5, 0.6) is 0 Å². The third kappa shape index (κ3) is 5.09. The highest BCUT2D eigenvalue weighted by Gasteiger charge is 2.21. The van der Waals surface area contributed by atoms with Crippen molar-refractivity contribution in [1.82, 2.24) is 5.32 Å². The molecule has 4 N–H and O–H groups in total. The smallest absolute Gasteiger partial charge is 0.312 e. The van der Waals surface area contributed by atoms with Gasteiger partial charge in [-0.15, -0.1) is 0 Å².